The quantitative estimate of drug-likeness (QED) is 0.882. The average molecular weight is 293 g/mol. The molecule has 3 N–H and O–H groups in total. The van der Waals surface area contributed by atoms with Gasteiger partial charge in [0, 0.05) is 4.88 Å². The Morgan fingerprint density at radius 3 is 2.89 bits per heavy atom. The molecule has 4 nitrogen and oxygen atoms in total. The second kappa shape index (κ2) is 5.95. The summed E-state index contributed by atoms with van der Waals surface area (Å²) >= 11 is 3.02. The SMILES string of the molecule is CC(C)Oc1c(NCc2cccs2)sc(C#N)c1N. The molecule has 0 radical (unpaired) electrons. The van der Waals surface area contributed by atoms with Gasteiger partial charge in [-0.05, 0) is 25.3 Å². The number of thiophene rings is 2. The topological polar surface area (TPSA) is 71.1 Å². The maximum absolute atomic E-state index is 9.04. The Balaban J connectivity index is 2.20. The van der Waals surface area contributed by atoms with Gasteiger partial charge in [0.05, 0.1) is 12.6 Å². The van der Waals surface area contributed by atoms with E-state index in [0.29, 0.717) is 22.9 Å². The van der Waals surface area contributed by atoms with E-state index < -0.39 is 0 Å². The number of hydrogen-bond acceptors (Lipinski definition) is 6. The first-order valence-corrected chi connectivity index (χ1v) is 7.56. The fraction of sp³-hybridized carbons (Fsp3) is 0.308. The Bertz CT molecular complexity index is 582. The number of ether oxygens (including phenoxy) is 1. The van der Waals surface area contributed by atoms with E-state index in [1.165, 1.54) is 16.2 Å². The van der Waals surface area contributed by atoms with E-state index >= 15 is 0 Å². The van der Waals surface area contributed by atoms with Crippen LogP contribution in [0.15, 0.2) is 17.5 Å². The minimum atomic E-state index is 0.0192. The molecule has 0 unspecified atom stereocenters. The van der Waals surface area contributed by atoms with Gasteiger partial charge < -0.3 is 15.8 Å². The predicted octanol–water partition coefficient (Wildman–Crippen LogP) is 3.66. The summed E-state index contributed by atoms with van der Waals surface area (Å²) in [6, 6.07) is 6.17. The van der Waals surface area contributed by atoms with Crippen molar-refractivity contribution in [3.63, 3.8) is 0 Å². The molecule has 19 heavy (non-hydrogen) atoms. The third kappa shape index (κ3) is 3.19. The van der Waals surface area contributed by atoms with Gasteiger partial charge in [0.2, 0.25) is 0 Å². The van der Waals surface area contributed by atoms with Crippen molar-refractivity contribution >= 4 is 33.4 Å². The van der Waals surface area contributed by atoms with Crippen LogP contribution in [0.3, 0.4) is 0 Å². The fourth-order valence-corrected chi connectivity index (χ4v) is 3.05. The van der Waals surface area contributed by atoms with Crippen molar-refractivity contribution in [1.82, 2.24) is 0 Å². The molecular weight excluding hydrogens is 278 g/mol. The summed E-state index contributed by atoms with van der Waals surface area (Å²) in [7, 11) is 0. The highest BCUT2D eigenvalue weighted by Gasteiger charge is 2.18. The Kier molecular flexibility index (Phi) is 4.30. The minimum absolute atomic E-state index is 0.0192. The smallest absolute Gasteiger partial charge is 0.178 e. The summed E-state index contributed by atoms with van der Waals surface area (Å²) in [6.07, 6.45) is 0.0192. The summed E-state index contributed by atoms with van der Waals surface area (Å²) < 4.78 is 5.70. The van der Waals surface area contributed by atoms with E-state index in [-0.39, 0.29) is 6.10 Å². The number of nitrogen functional groups attached to an aromatic ring is 1. The van der Waals surface area contributed by atoms with E-state index in [2.05, 4.69) is 17.5 Å². The first kappa shape index (κ1) is 13.7. The molecule has 0 atom stereocenters. The Morgan fingerprint density at radius 1 is 1.53 bits per heavy atom. The first-order chi connectivity index (χ1) is 9.11. The molecule has 0 aromatic carbocycles. The molecule has 2 heterocycles. The van der Waals surface area contributed by atoms with Gasteiger partial charge >= 0.3 is 0 Å². The van der Waals surface area contributed by atoms with Crippen molar-refractivity contribution < 1.29 is 4.74 Å². The highest BCUT2D eigenvalue weighted by molar-refractivity contribution is 7.17. The molecule has 0 bridgehead atoms. The molecule has 2 aromatic rings. The number of rotatable bonds is 5. The highest BCUT2D eigenvalue weighted by atomic mass is 32.1. The molecule has 0 aliphatic heterocycles. The van der Waals surface area contributed by atoms with Crippen molar-refractivity contribution in [3.05, 3.63) is 27.3 Å². The van der Waals surface area contributed by atoms with Gasteiger partial charge in [-0.1, -0.05) is 6.07 Å². The number of nitrogens with zero attached hydrogens (tertiary/aromatic N) is 1. The van der Waals surface area contributed by atoms with E-state index in [0.717, 1.165) is 5.00 Å². The summed E-state index contributed by atoms with van der Waals surface area (Å²) in [5, 5.41) is 15.2. The lowest BCUT2D eigenvalue weighted by molar-refractivity contribution is 0.246. The van der Waals surface area contributed by atoms with Crippen LogP contribution in [0.4, 0.5) is 10.7 Å². The van der Waals surface area contributed by atoms with Gasteiger partial charge in [0.15, 0.2) is 5.75 Å². The van der Waals surface area contributed by atoms with Gasteiger partial charge in [0.25, 0.3) is 0 Å². The second-order valence-corrected chi connectivity index (χ2v) is 6.27. The van der Waals surface area contributed by atoms with Crippen LogP contribution in [-0.4, -0.2) is 6.10 Å². The number of nitrogens with one attached hydrogen (secondary N) is 1. The van der Waals surface area contributed by atoms with Crippen molar-refractivity contribution in [1.29, 1.82) is 5.26 Å². The molecule has 2 rings (SSSR count). The summed E-state index contributed by atoms with van der Waals surface area (Å²) in [4.78, 5) is 1.71. The summed E-state index contributed by atoms with van der Waals surface area (Å²) in [6.45, 7) is 4.58. The van der Waals surface area contributed by atoms with Gasteiger partial charge in [-0.2, -0.15) is 5.26 Å². The monoisotopic (exact) mass is 293 g/mol. The third-order valence-electron chi connectivity index (χ3n) is 2.36. The first-order valence-electron chi connectivity index (χ1n) is 5.87. The van der Waals surface area contributed by atoms with Crippen molar-refractivity contribution in [2.45, 2.75) is 26.5 Å². The number of nitrogens with two attached hydrogens (primary N) is 1. The van der Waals surface area contributed by atoms with Gasteiger partial charge in [-0.15, -0.1) is 22.7 Å². The molecule has 0 fully saturated rings. The standard InChI is InChI=1S/C13H15N3OS2/c1-8(2)17-12-11(15)10(6-14)19-13(12)16-7-9-4-3-5-18-9/h3-5,8,16H,7,15H2,1-2H3. The molecule has 6 heteroatoms. The third-order valence-corrected chi connectivity index (χ3v) is 4.28. The van der Waals surface area contributed by atoms with Crippen LogP contribution >= 0.6 is 22.7 Å². The van der Waals surface area contributed by atoms with Crippen molar-refractivity contribution in [3.8, 4) is 11.8 Å². The maximum Gasteiger partial charge on any atom is 0.178 e. The number of anilines is 2. The summed E-state index contributed by atoms with van der Waals surface area (Å²) in [5.41, 5.74) is 6.36. The van der Waals surface area contributed by atoms with Gasteiger partial charge in [-0.25, -0.2) is 0 Å². The Morgan fingerprint density at radius 2 is 2.32 bits per heavy atom. The fourth-order valence-electron chi connectivity index (χ4n) is 1.56. The Hall–Kier alpha value is -1.71. The molecule has 0 spiro atoms. The molecule has 0 aliphatic rings. The second-order valence-electron chi connectivity index (χ2n) is 4.21. The van der Waals surface area contributed by atoms with Crippen LogP contribution in [0.1, 0.15) is 23.6 Å². The van der Waals surface area contributed by atoms with Crippen LogP contribution in [-0.2, 0) is 6.54 Å². The lowest BCUT2D eigenvalue weighted by Gasteiger charge is -2.12. The lowest BCUT2D eigenvalue weighted by Crippen LogP contribution is -2.08. The average Bonchev–Trinajstić information content (AvgIpc) is 2.97. The van der Waals surface area contributed by atoms with Crippen LogP contribution < -0.4 is 15.8 Å². The minimum Gasteiger partial charge on any atom is -0.486 e. The van der Waals surface area contributed by atoms with Crippen molar-refractivity contribution in [2.75, 3.05) is 11.1 Å². The lowest BCUT2D eigenvalue weighted by atomic mass is 10.3. The maximum atomic E-state index is 9.04. The molecule has 0 saturated carbocycles. The zero-order valence-electron chi connectivity index (χ0n) is 10.8. The van der Waals surface area contributed by atoms with E-state index in [1.54, 1.807) is 11.3 Å². The van der Waals surface area contributed by atoms with Crippen LogP contribution in [0.5, 0.6) is 5.75 Å². The van der Waals surface area contributed by atoms with E-state index in [1.807, 2.05) is 25.3 Å². The number of nitriles is 1. The highest BCUT2D eigenvalue weighted by Crippen LogP contribution is 2.43. The zero-order chi connectivity index (χ0) is 13.8. The number of hydrogen-bond donors (Lipinski definition) is 2. The zero-order valence-corrected chi connectivity index (χ0v) is 12.4. The molecule has 0 aliphatic carbocycles. The van der Waals surface area contributed by atoms with Gasteiger partial charge in [-0.3, -0.25) is 0 Å². The van der Waals surface area contributed by atoms with Crippen LogP contribution in [0, 0.1) is 11.3 Å². The normalized spacial score (nSPS) is 10.4. The predicted molar refractivity (Wildman–Crippen MR) is 80.9 cm³/mol. The van der Waals surface area contributed by atoms with E-state index in [4.69, 9.17) is 15.7 Å². The van der Waals surface area contributed by atoms with Crippen LogP contribution in [0.25, 0.3) is 0 Å². The molecule has 100 valence electrons. The molecular formula is C13H15N3OS2. The Labute approximate surface area is 120 Å². The largest absolute Gasteiger partial charge is 0.486 e. The molecule has 0 saturated heterocycles. The summed E-state index contributed by atoms with van der Waals surface area (Å²) in [5.74, 6) is 0.591. The van der Waals surface area contributed by atoms with Crippen LogP contribution in [0.2, 0.25) is 0 Å². The van der Waals surface area contributed by atoms with E-state index in [9.17, 15) is 0 Å². The molecule has 2 aromatic heterocycles. The molecule has 0 amide bonds. The van der Waals surface area contributed by atoms with Gasteiger partial charge in [0.1, 0.15) is 21.6 Å². The van der Waals surface area contributed by atoms with Crippen molar-refractivity contribution in [2.24, 2.45) is 0 Å².